The van der Waals surface area contributed by atoms with Gasteiger partial charge in [0.05, 0.1) is 18.6 Å². The van der Waals surface area contributed by atoms with Crippen molar-refractivity contribution in [1.82, 2.24) is 5.43 Å². The molecule has 0 radical (unpaired) electrons. The third-order valence-electron chi connectivity index (χ3n) is 3.03. The molecule has 0 unspecified atom stereocenters. The number of halogens is 1. The summed E-state index contributed by atoms with van der Waals surface area (Å²) < 4.78 is 32.0. The van der Waals surface area contributed by atoms with Gasteiger partial charge >= 0.3 is 16.2 Å². The largest absolute Gasteiger partial charge is 0.449 e. The van der Waals surface area contributed by atoms with Crippen molar-refractivity contribution in [2.24, 2.45) is 5.10 Å². The second-order valence-electron chi connectivity index (χ2n) is 5.11. The number of hydrazone groups is 1. The van der Waals surface area contributed by atoms with Gasteiger partial charge in [0.1, 0.15) is 5.75 Å². The topological polar surface area (TPSA) is 94.1 Å². The van der Waals surface area contributed by atoms with Crippen LogP contribution in [0.3, 0.4) is 0 Å². The van der Waals surface area contributed by atoms with E-state index in [-0.39, 0.29) is 12.4 Å². The van der Waals surface area contributed by atoms with Crippen molar-refractivity contribution in [3.63, 3.8) is 0 Å². The van der Waals surface area contributed by atoms with Gasteiger partial charge in [0.25, 0.3) is 0 Å². The number of nitrogens with zero attached hydrogens (tertiary/aromatic N) is 1. The standard InChI is InChI=1S/C17H17ClN2O5S/c1-3-24-17(21)20-19-16(12-4-8-14(18)9-5-12)13-6-10-15(11-7-13)25-26(2,22)23/h4-11H,3H2,1-2H3,(H,20,21). The van der Waals surface area contributed by atoms with Gasteiger partial charge in [-0.2, -0.15) is 13.5 Å². The molecule has 0 bridgehead atoms. The zero-order chi connectivity index (χ0) is 19.2. The SMILES string of the molecule is CCOC(=O)NN=C(c1ccc(Cl)cc1)c1ccc(OS(C)(=O)=O)cc1. The lowest BCUT2D eigenvalue weighted by Crippen LogP contribution is -2.21. The molecule has 0 saturated carbocycles. The van der Waals surface area contributed by atoms with Gasteiger partial charge in [0.2, 0.25) is 0 Å². The van der Waals surface area contributed by atoms with E-state index in [1.54, 1.807) is 43.3 Å². The molecule has 0 atom stereocenters. The van der Waals surface area contributed by atoms with Crippen LogP contribution in [0.15, 0.2) is 53.6 Å². The molecular weight excluding hydrogens is 380 g/mol. The smallest absolute Gasteiger partial charge is 0.427 e. The van der Waals surface area contributed by atoms with Crippen molar-refractivity contribution < 1.29 is 22.1 Å². The van der Waals surface area contributed by atoms with Crippen molar-refractivity contribution in [3.05, 3.63) is 64.7 Å². The third-order valence-corrected chi connectivity index (χ3v) is 3.77. The van der Waals surface area contributed by atoms with E-state index in [0.29, 0.717) is 21.9 Å². The fraction of sp³-hybridized carbons (Fsp3) is 0.176. The van der Waals surface area contributed by atoms with Crippen LogP contribution in [0.25, 0.3) is 0 Å². The maximum absolute atomic E-state index is 11.5. The first-order valence-corrected chi connectivity index (χ1v) is 9.74. The van der Waals surface area contributed by atoms with Crippen LogP contribution in [0.1, 0.15) is 18.1 Å². The summed E-state index contributed by atoms with van der Waals surface area (Å²) in [5, 5.41) is 4.67. The van der Waals surface area contributed by atoms with Gasteiger partial charge in [-0.15, -0.1) is 0 Å². The first-order chi connectivity index (χ1) is 12.3. The number of hydrogen-bond acceptors (Lipinski definition) is 6. The van der Waals surface area contributed by atoms with Crippen LogP contribution in [0.4, 0.5) is 4.79 Å². The van der Waals surface area contributed by atoms with Crippen LogP contribution < -0.4 is 9.61 Å². The van der Waals surface area contributed by atoms with Gasteiger partial charge in [0.15, 0.2) is 0 Å². The van der Waals surface area contributed by atoms with E-state index in [9.17, 15) is 13.2 Å². The number of ether oxygens (including phenoxy) is 1. The van der Waals surface area contributed by atoms with Crippen LogP contribution in [0.2, 0.25) is 5.02 Å². The fourth-order valence-corrected chi connectivity index (χ4v) is 2.60. The van der Waals surface area contributed by atoms with Crippen LogP contribution in [-0.4, -0.2) is 33.1 Å². The first-order valence-electron chi connectivity index (χ1n) is 7.55. The van der Waals surface area contributed by atoms with E-state index in [4.69, 9.17) is 20.5 Å². The summed E-state index contributed by atoms with van der Waals surface area (Å²) in [6.07, 6.45) is 0.279. The maximum Gasteiger partial charge on any atom is 0.427 e. The van der Waals surface area contributed by atoms with Crippen LogP contribution in [0, 0.1) is 0 Å². The normalized spacial score (nSPS) is 11.7. The molecule has 2 rings (SSSR count). The predicted octanol–water partition coefficient (Wildman–Crippen LogP) is 3.18. The molecule has 2 aromatic carbocycles. The van der Waals surface area contributed by atoms with E-state index < -0.39 is 16.2 Å². The molecule has 0 aliphatic rings. The average molecular weight is 397 g/mol. The van der Waals surface area contributed by atoms with E-state index in [1.165, 1.54) is 12.1 Å². The van der Waals surface area contributed by atoms with Gasteiger partial charge in [-0.25, -0.2) is 10.2 Å². The molecule has 1 amide bonds. The summed E-state index contributed by atoms with van der Waals surface area (Å²) in [5.41, 5.74) is 4.09. The molecular formula is C17H17ClN2O5S. The fourth-order valence-electron chi connectivity index (χ4n) is 2.01. The zero-order valence-corrected chi connectivity index (χ0v) is 15.7. The summed E-state index contributed by atoms with van der Waals surface area (Å²) in [5.74, 6) is 0.171. The van der Waals surface area contributed by atoms with Crippen LogP contribution in [-0.2, 0) is 14.9 Å². The van der Waals surface area contributed by atoms with Gasteiger partial charge in [0, 0.05) is 16.1 Å². The Balaban J connectivity index is 2.35. The highest BCUT2D eigenvalue weighted by Gasteiger charge is 2.11. The first kappa shape index (κ1) is 19.7. The van der Waals surface area contributed by atoms with Crippen LogP contribution in [0.5, 0.6) is 5.75 Å². The quantitative estimate of drug-likeness (QED) is 0.459. The van der Waals surface area contributed by atoms with Crippen molar-refractivity contribution in [2.75, 3.05) is 12.9 Å². The Morgan fingerprint density at radius 3 is 2.12 bits per heavy atom. The number of amides is 1. The Bertz CT molecular complexity index is 894. The van der Waals surface area contributed by atoms with Gasteiger partial charge < -0.3 is 8.92 Å². The maximum atomic E-state index is 11.5. The van der Waals surface area contributed by atoms with E-state index >= 15 is 0 Å². The number of benzene rings is 2. The highest BCUT2D eigenvalue weighted by molar-refractivity contribution is 7.86. The number of carbonyl (C=O) groups excluding carboxylic acids is 1. The second kappa shape index (κ2) is 8.68. The summed E-state index contributed by atoms with van der Waals surface area (Å²) in [6.45, 7) is 1.90. The minimum Gasteiger partial charge on any atom is -0.449 e. The van der Waals surface area contributed by atoms with Crippen molar-refractivity contribution in [2.45, 2.75) is 6.92 Å². The van der Waals surface area contributed by atoms with E-state index in [0.717, 1.165) is 6.26 Å². The van der Waals surface area contributed by atoms with Crippen molar-refractivity contribution >= 4 is 33.5 Å². The molecule has 0 aliphatic carbocycles. The zero-order valence-electron chi connectivity index (χ0n) is 14.1. The lowest BCUT2D eigenvalue weighted by Gasteiger charge is -2.09. The molecule has 7 nitrogen and oxygen atoms in total. The molecule has 9 heteroatoms. The molecule has 0 aromatic heterocycles. The molecule has 0 saturated heterocycles. The summed E-state index contributed by atoms with van der Waals surface area (Å²) >= 11 is 5.91. The molecule has 0 heterocycles. The second-order valence-corrected chi connectivity index (χ2v) is 7.12. The van der Waals surface area contributed by atoms with Gasteiger partial charge in [-0.1, -0.05) is 23.7 Å². The monoisotopic (exact) mass is 396 g/mol. The lowest BCUT2D eigenvalue weighted by atomic mass is 10.0. The molecule has 2 aromatic rings. The molecule has 26 heavy (non-hydrogen) atoms. The summed E-state index contributed by atoms with van der Waals surface area (Å²) in [7, 11) is -3.61. The Kier molecular flexibility index (Phi) is 6.59. The Morgan fingerprint density at radius 1 is 1.08 bits per heavy atom. The molecule has 0 aliphatic heterocycles. The Morgan fingerprint density at radius 2 is 1.62 bits per heavy atom. The molecule has 0 fully saturated rings. The molecule has 1 N–H and O–H groups in total. The van der Waals surface area contributed by atoms with Gasteiger partial charge in [-0.05, 0) is 43.3 Å². The summed E-state index contributed by atoms with van der Waals surface area (Å²) in [6, 6.07) is 13.1. The highest BCUT2D eigenvalue weighted by Crippen LogP contribution is 2.18. The minimum atomic E-state index is -3.61. The number of hydrogen-bond donors (Lipinski definition) is 1. The van der Waals surface area contributed by atoms with E-state index in [2.05, 4.69) is 10.5 Å². The number of carbonyl (C=O) groups is 1. The predicted molar refractivity (Wildman–Crippen MR) is 99.2 cm³/mol. The van der Waals surface area contributed by atoms with Crippen molar-refractivity contribution in [3.8, 4) is 5.75 Å². The van der Waals surface area contributed by atoms with Crippen LogP contribution >= 0.6 is 11.6 Å². The van der Waals surface area contributed by atoms with E-state index in [1.807, 2.05) is 0 Å². The third kappa shape index (κ3) is 6.05. The van der Waals surface area contributed by atoms with Crippen molar-refractivity contribution in [1.29, 1.82) is 0 Å². The number of rotatable bonds is 6. The minimum absolute atomic E-state index is 0.171. The average Bonchev–Trinajstić information content (AvgIpc) is 2.57. The number of nitrogens with one attached hydrogen (secondary N) is 1. The van der Waals surface area contributed by atoms with Gasteiger partial charge in [-0.3, -0.25) is 0 Å². The summed E-state index contributed by atoms with van der Waals surface area (Å²) in [4.78, 5) is 11.5. The highest BCUT2D eigenvalue weighted by atomic mass is 35.5. The molecule has 138 valence electrons. The Hall–Kier alpha value is -2.58. The Labute approximate surface area is 156 Å². The lowest BCUT2D eigenvalue weighted by molar-refractivity contribution is 0.152. The molecule has 0 spiro atoms.